The van der Waals surface area contributed by atoms with Crippen molar-refractivity contribution in [2.24, 2.45) is 0 Å². The molecule has 0 spiro atoms. The van der Waals surface area contributed by atoms with Gasteiger partial charge in [0.1, 0.15) is 16.7 Å². The summed E-state index contributed by atoms with van der Waals surface area (Å²) in [5, 5.41) is 4.45. The molecule has 3 nitrogen and oxygen atoms in total. The van der Waals surface area contributed by atoms with Gasteiger partial charge in [-0.05, 0) is 29.7 Å². The Morgan fingerprint density at radius 3 is 2.71 bits per heavy atom. The van der Waals surface area contributed by atoms with Gasteiger partial charge in [-0.25, -0.2) is 9.37 Å². The fraction of sp³-hybridized carbons (Fsp3) is 0. The lowest BCUT2D eigenvalue weighted by Gasteiger charge is -2.07. The molecule has 0 fully saturated rings. The lowest BCUT2D eigenvalue weighted by Crippen LogP contribution is -2.13. The van der Waals surface area contributed by atoms with E-state index in [0.717, 1.165) is 10.8 Å². The lowest BCUT2D eigenvalue weighted by atomic mass is 10.1. The van der Waals surface area contributed by atoms with Gasteiger partial charge in [0.2, 0.25) is 0 Å². The molecule has 1 amide bonds. The van der Waals surface area contributed by atoms with Crippen LogP contribution in [0.2, 0.25) is 5.15 Å². The van der Waals surface area contributed by atoms with E-state index in [-0.39, 0.29) is 10.8 Å². The summed E-state index contributed by atoms with van der Waals surface area (Å²) in [6.45, 7) is 0. The van der Waals surface area contributed by atoms with Crippen molar-refractivity contribution in [3.8, 4) is 0 Å². The molecule has 3 rings (SSSR count). The minimum Gasteiger partial charge on any atom is -0.321 e. The first-order valence-corrected chi connectivity index (χ1v) is 6.63. The van der Waals surface area contributed by atoms with Gasteiger partial charge < -0.3 is 5.32 Å². The number of nitrogens with zero attached hydrogens (tertiary/aromatic N) is 1. The number of carbonyl (C=O) groups is 1. The number of halogens is 2. The maximum Gasteiger partial charge on any atom is 0.274 e. The Bertz CT molecular complexity index is 835. The fourth-order valence-electron chi connectivity index (χ4n) is 2.03. The monoisotopic (exact) mass is 300 g/mol. The van der Waals surface area contributed by atoms with Crippen LogP contribution >= 0.6 is 11.6 Å². The van der Waals surface area contributed by atoms with E-state index in [4.69, 9.17) is 11.6 Å². The number of rotatable bonds is 2. The van der Waals surface area contributed by atoms with E-state index in [0.29, 0.717) is 5.69 Å². The average Bonchev–Trinajstić information content (AvgIpc) is 2.47. The first-order chi connectivity index (χ1) is 10.1. The highest BCUT2D eigenvalue weighted by Gasteiger charge is 2.11. The predicted molar refractivity (Wildman–Crippen MR) is 81.1 cm³/mol. The Kier molecular flexibility index (Phi) is 3.54. The van der Waals surface area contributed by atoms with Crippen LogP contribution in [-0.4, -0.2) is 10.9 Å². The largest absolute Gasteiger partial charge is 0.321 e. The zero-order chi connectivity index (χ0) is 14.8. The molecule has 5 heteroatoms. The van der Waals surface area contributed by atoms with Gasteiger partial charge in [-0.1, -0.05) is 41.9 Å². The SMILES string of the molecule is O=C(Nc1cccc(F)c1)c1cc2ccccc2c(Cl)n1. The van der Waals surface area contributed by atoms with E-state index in [1.54, 1.807) is 12.1 Å². The Labute approximate surface area is 125 Å². The van der Waals surface area contributed by atoms with Gasteiger partial charge >= 0.3 is 0 Å². The smallest absolute Gasteiger partial charge is 0.274 e. The number of nitrogens with one attached hydrogen (secondary N) is 1. The number of amides is 1. The van der Waals surface area contributed by atoms with Crippen LogP contribution in [-0.2, 0) is 0 Å². The molecule has 1 heterocycles. The molecule has 0 atom stereocenters. The van der Waals surface area contributed by atoms with Crippen molar-refractivity contribution in [1.82, 2.24) is 4.98 Å². The summed E-state index contributed by atoms with van der Waals surface area (Å²) in [5.74, 6) is -0.856. The maximum atomic E-state index is 13.1. The summed E-state index contributed by atoms with van der Waals surface area (Å²) in [5.41, 5.74) is 0.550. The number of anilines is 1. The topological polar surface area (TPSA) is 42.0 Å². The second-order valence-electron chi connectivity index (χ2n) is 4.48. The molecule has 3 aromatic rings. The highest BCUT2D eigenvalue weighted by atomic mass is 35.5. The molecule has 0 aliphatic carbocycles. The van der Waals surface area contributed by atoms with E-state index < -0.39 is 11.7 Å². The molecule has 0 aliphatic rings. The molecular formula is C16H10ClFN2O. The predicted octanol–water partition coefficient (Wildman–Crippen LogP) is 4.28. The van der Waals surface area contributed by atoms with E-state index >= 15 is 0 Å². The lowest BCUT2D eigenvalue weighted by molar-refractivity contribution is 0.102. The quantitative estimate of drug-likeness (QED) is 0.718. The molecule has 1 aromatic heterocycles. The van der Waals surface area contributed by atoms with Crippen molar-refractivity contribution in [3.63, 3.8) is 0 Å². The van der Waals surface area contributed by atoms with Crippen LogP contribution in [0.5, 0.6) is 0 Å². The maximum absolute atomic E-state index is 13.1. The summed E-state index contributed by atoms with van der Waals surface area (Å²) >= 11 is 6.08. The Balaban J connectivity index is 1.94. The number of benzene rings is 2. The third-order valence-electron chi connectivity index (χ3n) is 3.01. The van der Waals surface area contributed by atoms with E-state index in [1.165, 1.54) is 18.2 Å². The molecule has 0 radical (unpaired) electrons. The molecule has 1 N–H and O–H groups in total. The third-order valence-corrected chi connectivity index (χ3v) is 3.30. The van der Waals surface area contributed by atoms with E-state index in [2.05, 4.69) is 10.3 Å². The first kappa shape index (κ1) is 13.5. The zero-order valence-electron chi connectivity index (χ0n) is 10.8. The van der Waals surface area contributed by atoms with Gasteiger partial charge in [0.25, 0.3) is 5.91 Å². The molecule has 0 saturated heterocycles. The minimum atomic E-state index is -0.437. The van der Waals surface area contributed by atoms with Gasteiger partial charge in [-0.3, -0.25) is 4.79 Å². The highest BCUT2D eigenvalue weighted by molar-refractivity contribution is 6.34. The normalized spacial score (nSPS) is 10.6. The van der Waals surface area contributed by atoms with Crippen LogP contribution in [0.3, 0.4) is 0 Å². The molecule has 0 saturated carbocycles. The van der Waals surface area contributed by atoms with Crippen LogP contribution in [0.1, 0.15) is 10.5 Å². The number of carbonyl (C=O) groups excluding carboxylic acids is 1. The van der Waals surface area contributed by atoms with Crippen molar-refractivity contribution in [2.45, 2.75) is 0 Å². The van der Waals surface area contributed by atoms with E-state index in [1.807, 2.05) is 24.3 Å². The summed E-state index contributed by atoms with van der Waals surface area (Å²) in [4.78, 5) is 16.2. The highest BCUT2D eigenvalue weighted by Crippen LogP contribution is 2.22. The van der Waals surface area contributed by atoms with Gasteiger partial charge in [0, 0.05) is 11.1 Å². The Hall–Kier alpha value is -2.46. The molecule has 0 unspecified atom stereocenters. The Morgan fingerprint density at radius 2 is 1.90 bits per heavy atom. The number of aromatic nitrogens is 1. The third kappa shape index (κ3) is 2.85. The van der Waals surface area contributed by atoms with Gasteiger partial charge in [-0.15, -0.1) is 0 Å². The second-order valence-corrected chi connectivity index (χ2v) is 4.84. The average molecular weight is 301 g/mol. The van der Waals surface area contributed by atoms with Crippen molar-refractivity contribution >= 4 is 34.0 Å². The summed E-state index contributed by atoms with van der Waals surface area (Å²) < 4.78 is 13.1. The summed E-state index contributed by atoms with van der Waals surface area (Å²) in [6.07, 6.45) is 0. The molecule has 104 valence electrons. The number of fused-ring (bicyclic) bond motifs is 1. The van der Waals surface area contributed by atoms with Crippen molar-refractivity contribution in [3.05, 3.63) is 71.3 Å². The molecule has 2 aromatic carbocycles. The Morgan fingerprint density at radius 1 is 1.10 bits per heavy atom. The van der Waals surface area contributed by atoms with Crippen molar-refractivity contribution in [1.29, 1.82) is 0 Å². The summed E-state index contributed by atoms with van der Waals surface area (Å²) in [6, 6.07) is 14.7. The van der Waals surface area contributed by atoms with Crippen LogP contribution in [0, 0.1) is 5.82 Å². The van der Waals surface area contributed by atoms with Crippen LogP contribution in [0.15, 0.2) is 54.6 Å². The number of hydrogen-bond donors (Lipinski definition) is 1. The second kappa shape index (κ2) is 5.50. The van der Waals surface area contributed by atoms with Gasteiger partial charge in [0.15, 0.2) is 0 Å². The van der Waals surface area contributed by atoms with Crippen molar-refractivity contribution in [2.75, 3.05) is 5.32 Å². The van der Waals surface area contributed by atoms with Gasteiger partial charge in [-0.2, -0.15) is 0 Å². The fourth-order valence-corrected chi connectivity index (χ4v) is 2.30. The van der Waals surface area contributed by atoms with Crippen LogP contribution in [0.4, 0.5) is 10.1 Å². The van der Waals surface area contributed by atoms with Crippen LogP contribution < -0.4 is 5.32 Å². The molecule has 0 aliphatic heterocycles. The number of hydrogen-bond acceptors (Lipinski definition) is 2. The number of pyridine rings is 1. The minimum absolute atomic E-state index is 0.183. The first-order valence-electron chi connectivity index (χ1n) is 6.26. The van der Waals surface area contributed by atoms with E-state index in [9.17, 15) is 9.18 Å². The zero-order valence-corrected chi connectivity index (χ0v) is 11.6. The summed E-state index contributed by atoms with van der Waals surface area (Å²) in [7, 11) is 0. The molecular weight excluding hydrogens is 291 g/mol. The molecule has 21 heavy (non-hydrogen) atoms. The van der Waals surface area contributed by atoms with Gasteiger partial charge in [0.05, 0.1) is 0 Å². The standard InChI is InChI=1S/C16H10ClFN2O/c17-15-13-7-2-1-4-10(13)8-14(20-15)16(21)19-12-6-3-5-11(18)9-12/h1-9H,(H,19,21). The van der Waals surface area contributed by atoms with Crippen LogP contribution in [0.25, 0.3) is 10.8 Å². The molecule has 0 bridgehead atoms. The van der Waals surface area contributed by atoms with Crippen molar-refractivity contribution < 1.29 is 9.18 Å².